The van der Waals surface area contributed by atoms with Gasteiger partial charge in [0.1, 0.15) is 0 Å². The van der Waals surface area contributed by atoms with Gasteiger partial charge in [0.05, 0.1) is 0 Å². The summed E-state index contributed by atoms with van der Waals surface area (Å²) in [6.07, 6.45) is 23.5. The monoisotopic (exact) mass is 220 g/mol. The second kappa shape index (κ2) is 14.2. The fraction of sp³-hybridized carbons (Fsp3) is 0.625. The van der Waals surface area contributed by atoms with E-state index < -0.39 is 0 Å². The SMILES string of the molecule is CCCC\C=C/C=C/C=C\CCCCCC. The molecule has 0 spiro atoms. The summed E-state index contributed by atoms with van der Waals surface area (Å²) in [7, 11) is 0. The van der Waals surface area contributed by atoms with Crippen LogP contribution in [0.5, 0.6) is 0 Å². The first-order chi connectivity index (χ1) is 7.91. The van der Waals surface area contributed by atoms with Crippen LogP contribution in [0, 0.1) is 0 Å². The molecule has 0 radical (unpaired) electrons. The standard InChI is InChI=1S/C16H28/c1-3-5-7-9-11-13-15-16-14-12-10-8-6-4-2/h9,11,13-16H,3-8,10,12H2,1-2H3/b11-9-,15-13+,16-14-. The highest BCUT2D eigenvalue weighted by atomic mass is 13.9. The quantitative estimate of drug-likeness (QED) is 0.321. The molecule has 0 unspecified atom stereocenters. The molecule has 0 aromatic rings. The number of hydrogen-bond donors (Lipinski definition) is 0. The predicted molar refractivity (Wildman–Crippen MR) is 75.7 cm³/mol. The normalized spacial score (nSPS) is 12.4. The van der Waals surface area contributed by atoms with Crippen LogP contribution >= 0.6 is 0 Å². The van der Waals surface area contributed by atoms with E-state index >= 15 is 0 Å². The van der Waals surface area contributed by atoms with Crippen LogP contribution in [0.15, 0.2) is 36.5 Å². The molecule has 0 bridgehead atoms. The second-order valence-electron chi connectivity index (χ2n) is 4.23. The summed E-state index contributed by atoms with van der Waals surface area (Å²) < 4.78 is 0. The molecule has 0 atom stereocenters. The van der Waals surface area contributed by atoms with Gasteiger partial charge in [0, 0.05) is 0 Å². The molecule has 0 rings (SSSR count). The molecular formula is C16H28. The van der Waals surface area contributed by atoms with E-state index in [1.807, 2.05) is 0 Å². The Kier molecular flexibility index (Phi) is 13.5. The van der Waals surface area contributed by atoms with Crippen molar-refractivity contribution < 1.29 is 0 Å². The molecule has 0 amide bonds. The summed E-state index contributed by atoms with van der Waals surface area (Å²) in [6, 6.07) is 0. The van der Waals surface area contributed by atoms with Gasteiger partial charge < -0.3 is 0 Å². The second-order valence-corrected chi connectivity index (χ2v) is 4.23. The average molecular weight is 220 g/mol. The van der Waals surface area contributed by atoms with Crippen LogP contribution in [0.25, 0.3) is 0 Å². The third kappa shape index (κ3) is 13.2. The van der Waals surface area contributed by atoms with Crippen molar-refractivity contribution in [2.75, 3.05) is 0 Å². The number of hydrogen-bond acceptors (Lipinski definition) is 0. The largest absolute Gasteiger partial charge is 0.0845 e. The van der Waals surface area contributed by atoms with E-state index in [1.54, 1.807) is 0 Å². The molecule has 0 aliphatic heterocycles. The molecule has 92 valence electrons. The molecular weight excluding hydrogens is 192 g/mol. The van der Waals surface area contributed by atoms with Crippen LogP contribution in [0.1, 0.15) is 65.2 Å². The lowest BCUT2D eigenvalue weighted by Gasteiger charge is -1.92. The van der Waals surface area contributed by atoms with Gasteiger partial charge >= 0.3 is 0 Å². The minimum absolute atomic E-state index is 1.21. The number of unbranched alkanes of at least 4 members (excludes halogenated alkanes) is 6. The predicted octanol–water partition coefficient (Wildman–Crippen LogP) is 5.82. The molecule has 0 N–H and O–H groups in total. The van der Waals surface area contributed by atoms with Gasteiger partial charge in [0.2, 0.25) is 0 Å². The lowest BCUT2D eigenvalue weighted by atomic mass is 10.1. The Balaban J connectivity index is 3.30. The van der Waals surface area contributed by atoms with Crippen molar-refractivity contribution in [2.45, 2.75) is 65.2 Å². The van der Waals surface area contributed by atoms with Gasteiger partial charge in [-0.1, -0.05) is 82.4 Å². The maximum Gasteiger partial charge on any atom is -0.0348 e. The summed E-state index contributed by atoms with van der Waals surface area (Å²) in [4.78, 5) is 0. The molecule has 0 nitrogen and oxygen atoms in total. The Morgan fingerprint density at radius 3 is 1.69 bits per heavy atom. The maximum atomic E-state index is 2.27. The van der Waals surface area contributed by atoms with Crippen molar-refractivity contribution >= 4 is 0 Å². The summed E-state index contributed by atoms with van der Waals surface area (Å²) in [5.41, 5.74) is 0. The first-order valence-corrected chi connectivity index (χ1v) is 6.90. The minimum atomic E-state index is 1.21. The van der Waals surface area contributed by atoms with E-state index in [1.165, 1.54) is 51.4 Å². The molecule has 0 fully saturated rings. The topological polar surface area (TPSA) is 0 Å². The molecule has 0 aromatic heterocycles. The Hall–Kier alpha value is -0.780. The number of allylic oxidation sites excluding steroid dienone is 6. The maximum absolute atomic E-state index is 2.27. The van der Waals surface area contributed by atoms with Crippen molar-refractivity contribution in [3.05, 3.63) is 36.5 Å². The van der Waals surface area contributed by atoms with E-state index in [4.69, 9.17) is 0 Å². The van der Waals surface area contributed by atoms with Crippen molar-refractivity contribution in [1.82, 2.24) is 0 Å². The molecule has 0 saturated heterocycles. The molecule has 0 aliphatic carbocycles. The molecule has 16 heavy (non-hydrogen) atoms. The third-order valence-electron chi connectivity index (χ3n) is 2.55. The highest BCUT2D eigenvalue weighted by Gasteiger charge is 1.82. The van der Waals surface area contributed by atoms with Crippen molar-refractivity contribution in [1.29, 1.82) is 0 Å². The first kappa shape index (κ1) is 15.2. The highest BCUT2D eigenvalue weighted by molar-refractivity contribution is 5.10. The molecule has 0 aliphatic rings. The average Bonchev–Trinajstić information content (AvgIpc) is 2.31. The fourth-order valence-electron chi connectivity index (χ4n) is 1.49. The van der Waals surface area contributed by atoms with Crippen LogP contribution in [0.2, 0.25) is 0 Å². The van der Waals surface area contributed by atoms with Gasteiger partial charge in [-0.3, -0.25) is 0 Å². The Morgan fingerprint density at radius 2 is 1.12 bits per heavy atom. The van der Waals surface area contributed by atoms with Crippen LogP contribution in [0.4, 0.5) is 0 Å². The van der Waals surface area contributed by atoms with Crippen LogP contribution in [-0.4, -0.2) is 0 Å². The van der Waals surface area contributed by atoms with E-state index in [2.05, 4.69) is 50.3 Å². The molecule has 0 heterocycles. The zero-order chi connectivity index (χ0) is 11.9. The Morgan fingerprint density at radius 1 is 0.562 bits per heavy atom. The summed E-state index contributed by atoms with van der Waals surface area (Å²) in [5, 5.41) is 0. The Labute approximate surface area is 102 Å². The van der Waals surface area contributed by atoms with E-state index in [9.17, 15) is 0 Å². The first-order valence-electron chi connectivity index (χ1n) is 6.90. The van der Waals surface area contributed by atoms with Crippen LogP contribution < -0.4 is 0 Å². The molecule has 0 aromatic carbocycles. The molecule has 0 saturated carbocycles. The van der Waals surface area contributed by atoms with Crippen LogP contribution in [-0.2, 0) is 0 Å². The third-order valence-corrected chi connectivity index (χ3v) is 2.55. The smallest absolute Gasteiger partial charge is 0.0348 e. The van der Waals surface area contributed by atoms with E-state index in [-0.39, 0.29) is 0 Å². The van der Waals surface area contributed by atoms with Crippen molar-refractivity contribution in [2.24, 2.45) is 0 Å². The Bertz CT molecular complexity index is 196. The van der Waals surface area contributed by atoms with Gasteiger partial charge in [-0.05, 0) is 19.3 Å². The number of rotatable bonds is 10. The van der Waals surface area contributed by atoms with Crippen molar-refractivity contribution in [3.8, 4) is 0 Å². The van der Waals surface area contributed by atoms with E-state index in [0.29, 0.717) is 0 Å². The van der Waals surface area contributed by atoms with E-state index in [0.717, 1.165) is 0 Å². The lowest BCUT2D eigenvalue weighted by molar-refractivity contribution is 0.674. The summed E-state index contributed by atoms with van der Waals surface area (Å²) in [6.45, 7) is 4.48. The van der Waals surface area contributed by atoms with Gasteiger partial charge in [0.25, 0.3) is 0 Å². The van der Waals surface area contributed by atoms with Gasteiger partial charge in [-0.2, -0.15) is 0 Å². The van der Waals surface area contributed by atoms with Gasteiger partial charge in [-0.15, -0.1) is 0 Å². The zero-order valence-corrected chi connectivity index (χ0v) is 11.1. The van der Waals surface area contributed by atoms with Crippen molar-refractivity contribution in [3.63, 3.8) is 0 Å². The van der Waals surface area contributed by atoms with Gasteiger partial charge in [-0.25, -0.2) is 0 Å². The summed E-state index contributed by atoms with van der Waals surface area (Å²) >= 11 is 0. The highest BCUT2D eigenvalue weighted by Crippen LogP contribution is 2.02. The summed E-state index contributed by atoms with van der Waals surface area (Å²) in [5.74, 6) is 0. The zero-order valence-electron chi connectivity index (χ0n) is 11.1. The van der Waals surface area contributed by atoms with Crippen LogP contribution in [0.3, 0.4) is 0 Å². The molecule has 0 heteroatoms. The lowest BCUT2D eigenvalue weighted by Crippen LogP contribution is -1.72. The minimum Gasteiger partial charge on any atom is -0.0845 e. The fourth-order valence-corrected chi connectivity index (χ4v) is 1.49. The van der Waals surface area contributed by atoms with Gasteiger partial charge in [0.15, 0.2) is 0 Å².